The number of hydrogen-bond acceptors (Lipinski definition) is 2. The van der Waals surface area contributed by atoms with E-state index >= 15 is 0 Å². The van der Waals surface area contributed by atoms with Gasteiger partial charge >= 0.3 is 0 Å². The molecule has 1 heterocycles. The van der Waals surface area contributed by atoms with Crippen LogP contribution < -0.4 is 5.32 Å². The molecule has 0 fully saturated rings. The van der Waals surface area contributed by atoms with Crippen LogP contribution in [0.3, 0.4) is 0 Å². The predicted molar refractivity (Wildman–Crippen MR) is 90.0 cm³/mol. The number of anilines is 1. The van der Waals surface area contributed by atoms with E-state index in [4.69, 9.17) is 12.2 Å². The fourth-order valence-electron chi connectivity index (χ4n) is 2.53. The van der Waals surface area contributed by atoms with Crippen LogP contribution in [0.2, 0.25) is 0 Å². The van der Waals surface area contributed by atoms with Gasteiger partial charge in [0, 0.05) is 18.7 Å². The standard InChI is InChI=1S/C16H23N3OS/c1-4-6-7-11(5-2)15(20)17-12-8-9-14-13(10-12)18-16(21)19(14)3/h8-11H,4-7H2,1-3H3,(H,17,20)(H,18,21). The van der Waals surface area contributed by atoms with Crippen LogP contribution in [0, 0.1) is 10.7 Å². The van der Waals surface area contributed by atoms with Crippen molar-refractivity contribution in [3.63, 3.8) is 0 Å². The summed E-state index contributed by atoms with van der Waals surface area (Å²) >= 11 is 5.21. The lowest BCUT2D eigenvalue weighted by Crippen LogP contribution is -2.22. The van der Waals surface area contributed by atoms with Gasteiger partial charge in [0.1, 0.15) is 0 Å². The molecule has 5 heteroatoms. The number of amides is 1. The van der Waals surface area contributed by atoms with Gasteiger partial charge in [-0.05, 0) is 43.3 Å². The van der Waals surface area contributed by atoms with E-state index in [1.807, 2.05) is 29.8 Å². The zero-order valence-corrected chi connectivity index (χ0v) is 13.7. The molecule has 1 atom stereocenters. The van der Waals surface area contributed by atoms with Crippen molar-refractivity contribution >= 4 is 34.8 Å². The summed E-state index contributed by atoms with van der Waals surface area (Å²) in [5.41, 5.74) is 2.80. The minimum Gasteiger partial charge on any atom is -0.331 e. The van der Waals surface area contributed by atoms with Crippen LogP contribution in [0.1, 0.15) is 39.5 Å². The van der Waals surface area contributed by atoms with Crippen LogP contribution in [0.15, 0.2) is 18.2 Å². The Labute approximate surface area is 130 Å². The van der Waals surface area contributed by atoms with E-state index < -0.39 is 0 Å². The van der Waals surface area contributed by atoms with Crippen molar-refractivity contribution < 1.29 is 4.79 Å². The summed E-state index contributed by atoms with van der Waals surface area (Å²) in [5.74, 6) is 0.203. The Balaban J connectivity index is 2.15. The van der Waals surface area contributed by atoms with E-state index in [0.29, 0.717) is 4.77 Å². The summed E-state index contributed by atoms with van der Waals surface area (Å²) in [7, 11) is 1.93. The Morgan fingerprint density at radius 2 is 2.19 bits per heavy atom. The molecule has 0 aliphatic carbocycles. The van der Waals surface area contributed by atoms with Gasteiger partial charge in [-0.15, -0.1) is 0 Å². The third-order valence-electron chi connectivity index (χ3n) is 3.94. The molecule has 1 aromatic heterocycles. The molecule has 114 valence electrons. The first kappa shape index (κ1) is 15.8. The summed E-state index contributed by atoms with van der Waals surface area (Å²) in [6, 6.07) is 5.84. The van der Waals surface area contributed by atoms with Gasteiger partial charge in [0.2, 0.25) is 5.91 Å². The number of H-pyrrole nitrogens is 1. The van der Waals surface area contributed by atoms with Gasteiger partial charge in [-0.3, -0.25) is 4.79 Å². The number of nitrogens with zero attached hydrogens (tertiary/aromatic N) is 1. The normalized spacial score (nSPS) is 12.5. The van der Waals surface area contributed by atoms with Crippen LogP contribution in [-0.2, 0) is 11.8 Å². The molecule has 2 aromatic rings. The molecule has 2 rings (SSSR count). The molecule has 0 radical (unpaired) electrons. The molecule has 0 spiro atoms. The smallest absolute Gasteiger partial charge is 0.227 e. The number of unbranched alkanes of at least 4 members (excludes halogenated alkanes) is 1. The maximum atomic E-state index is 12.3. The average Bonchev–Trinajstić information content (AvgIpc) is 2.74. The summed E-state index contributed by atoms with van der Waals surface area (Å²) in [6.45, 7) is 4.22. The third kappa shape index (κ3) is 3.53. The van der Waals surface area contributed by atoms with E-state index in [1.165, 1.54) is 0 Å². The molecule has 0 saturated heterocycles. The zero-order valence-electron chi connectivity index (χ0n) is 12.9. The summed E-state index contributed by atoms with van der Waals surface area (Å²) < 4.78 is 2.61. The minimum absolute atomic E-state index is 0.0925. The van der Waals surface area contributed by atoms with Crippen LogP contribution in [-0.4, -0.2) is 15.5 Å². The first-order chi connectivity index (χ1) is 10.1. The van der Waals surface area contributed by atoms with Gasteiger partial charge in [0.25, 0.3) is 0 Å². The number of nitrogens with one attached hydrogen (secondary N) is 2. The van der Waals surface area contributed by atoms with Crippen LogP contribution >= 0.6 is 12.2 Å². The zero-order chi connectivity index (χ0) is 15.4. The van der Waals surface area contributed by atoms with Gasteiger partial charge in [-0.2, -0.15) is 0 Å². The Kier molecular flexibility index (Phi) is 5.17. The number of rotatable bonds is 6. The monoisotopic (exact) mass is 305 g/mol. The molecule has 4 nitrogen and oxygen atoms in total. The maximum Gasteiger partial charge on any atom is 0.227 e. The van der Waals surface area contributed by atoms with Crippen molar-refractivity contribution in [2.24, 2.45) is 13.0 Å². The number of carbonyl (C=O) groups is 1. The van der Waals surface area contributed by atoms with Crippen molar-refractivity contribution in [1.29, 1.82) is 0 Å². The molecule has 21 heavy (non-hydrogen) atoms. The lowest BCUT2D eigenvalue weighted by atomic mass is 9.98. The molecule has 1 unspecified atom stereocenters. The van der Waals surface area contributed by atoms with Crippen LogP contribution in [0.4, 0.5) is 5.69 Å². The van der Waals surface area contributed by atoms with Crippen molar-refractivity contribution in [1.82, 2.24) is 9.55 Å². The Hall–Kier alpha value is -1.62. The SMILES string of the molecule is CCCCC(CC)C(=O)Nc1ccc2c(c1)[nH]c(=S)n2C. The van der Waals surface area contributed by atoms with Crippen LogP contribution in [0.25, 0.3) is 11.0 Å². The number of benzene rings is 1. The average molecular weight is 305 g/mol. The summed E-state index contributed by atoms with van der Waals surface area (Å²) in [6.07, 6.45) is 4.05. The highest BCUT2D eigenvalue weighted by molar-refractivity contribution is 7.71. The topological polar surface area (TPSA) is 49.8 Å². The molecule has 0 bridgehead atoms. The molecular formula is C16H23N3OS. The lowest BCUT2D eigenvalue weighted by Gasteiger charge is -2.14. The molecule has 0 saturated carbocycles. The van der Waals surface area contributed by atoms with E-state index in [1.54, 1.807) is 0 Å². The third-order valence-corrected chi connectivity index (χ3v) is 4.32. The van der Waals surface area contributed by atoms with Gasteiger partial charge in [0.15, 0.2) is 4.77 Å². The Bertz CT molecular complexity index is 686. The molecule has 1 amide bonds. The van der Waals surface area contributed by atoms with E-state index in [9.17, 15) is 4.79 Å². The molecule has 1 aromatic carbocycles. The van der Waals surface area contributed by atoms with Gasteiger partial charge in [0.05, 0.1) is 11.0 Å². The summed E-state index contributed by atoms with van der Waals surface area (Å²) in [5, 5.41) is 3.02. The van der Waals surface area contributed by atoms with Crippen molar-refractivity contribution in [2.45, 2.75) is 39.5 Å². The predicted octanol–water partition coefficient (Wildman–Crippen LogP) is 4.39. The largest absolute Gasteiger partial charge is 0.331 e. The van der Waals surface area contributed by atoms with Crippen molar-refractivity contribution in [3.05, 3.63) is 23.0 Å². The van der Waals surface area contributed by atoms with E-state index in [0.717, 1.165) is 42.4 Å². The minimum atomic E-state index is 0.0925. The Morgan fingerprint density at radius 1 is 1.43 bits per heavy atom. The number of aromatic nitrogens is 2. The van der Waals surface area contributed by atoms with Crippen molar-refractivity contribution in [3.8, 4) is 0 Å². The van der Waals surface area contributed by atoms with Crippen molar-refractivity contribution in [2.75, 3.05) is 5.32 Å². The molecule has 2 N–H and O–H groups in total. The van der Waals surface area contributed by atoms with Gasteiger partial charge < -0.3 is 14.9 Å². The summed E-state index contributed by atoms with van der Waals surface area (Å²) in [4.78, 5) is 15.5. The highest BCUT2D eigenvalue weighted by Gasteiger charge is 2.16. The number of aryl methyl sites for hydroxylation is 1. The first-order valence-electron chi connectivity index (χ1n) is 7.56. The maximum absolute atomic E-state index is 12.3. The van der Waals surface area contributed by atoms with Gasteiger partial charge in [-0.25, -0.2) is 0 Å². The van der Waals surface area contributed by atoms with Gasteiger partial charge in [-0.1, -0.05) is 26.7 Å². The number of carbonyl (C=O) groups excluding carboxylic acids is 1. The van der Waals surface area contributed by atoms with E-state index in [2.05, 4.69) is 24.1 Å². The number of aromatic amines is 1. The second-order valence-electron chi connectivity index (χ2n) is 5.46. The first-order valence-corrected chi connectivity index (χ1v) is 7.97. The fraction of sp³-hybridized carbons (Fsp3) is 0.500. The second kappa shape index (κ2) is 6.89. The molecular weight excluding hydrogens is 282 g/mol. The quantitative estimate of drug-likeness (QED) is 0.778. The molecule has 0 aliphatic rings. The second-order valence-corrected chi connectivity index (χ2v) is 5.84. The number of imidazole rings is 1. The highest BCUT2D eigenvalue weighted by Crippen LogP contribution is 2.20. The Morgan fingerprint density at radius 3 is 2.86 bits per heavy atom. The number of hydrogen-bond donors (Lipinski definition) is 2. The highest BCUT2D eigenvalue weighted by atomic mass is 32.1. The van der Waals surface area contributed by atoms with Crippen LogP contribution in [0.5, 0.6) is 0 Å². The van der Waals surface area contributed by atoms with E-state index in [-0.39, 0.29) is 11.8 Å². The number of fused-ring (bicyclic) bond motifs is 1. The fourth-order valence-corrected chi connectivity index (χ4v) is 2.74. The lowest BCUT2D eigenvalue weighted by molar-refractivity contribution is -0.120. The molecule has 0 aliphatic heterocycles.